The molecule has 1 atom stereocenters. The highest BCUT2D eigenvalue weighted by molar-refractivity contribution is 8.00. The quantitative estimate of drug-likeness (QED) is 0.624. The maximum absolute atomic E-state index is 11.9. The van der Waals surface area contributed by atoms with Crippen LogP contribution in [0.25, 0.3) is 0 Å². The van der Waals surface area contributed by atoms with E-state index in [0.29, 0.717) is 6.54 Å². The number of amides is 1. The molecule has 6 heteroatoms. The van der Waals surface area contributed by atoms with Gasteiger partial charge in [0.2, 0.25) is 0 Å². The van der Waals surface area contributed by atoms with Gasteiger partial charge in [-0.2, -0.15) is 0 Å². The first-order valence-electron chi connectivity index (χ1n) is 6.82. The van der Waals surface area contributed by atoms with Crippen LogP contribution in [0.3, 0.4) is 0 Å². The van der Waals surface area contributed by atoms with Gasteiger partial charge >= 0.3 is 5.97 Å². The van der Waals surface area contributed by atoms with Gasteiger partial charge in [0.15, 0.2) is 6.10 Å². The van der Waals surface area contributed by atoms with Gasteiger partial charge in [0.05, 0.1) is 12.3 Å². The zero-order valence-electron chi connectivity index (χ0n) is 12.2. The lowest BCUT2D eigenvalue weighted by molar-refractivity contribution is -0.152. The molecular weight excluding hydrogens is 318 g/mol. The first-order chi connectivity index (χ1) is 10.6. The first kappa shape index (κ1) is 16.6. The van der Waals surface area contributed by atoms with Crippen molar-refractivity contribution in [3.63, 3.8) is 0 Å². The van der Waals surface area contributed by atoms with Crippen LogP contribution in [0.15, 0.2) is 52.7 Å². The molecule has 22 heavy (non-hydrogen) atoms. The number of thioether (sulfide) groups is 1. The van der Waals surface area contributed by atoms with Crippen LogP contribution in [-0.2, 0) is 20.9 Å². The summed E-state index contributed by atoms with van der Waals surface area (Å²) in [6.45, 7) is 2.03. The molecule has 1 N–H and O–H groups in total. The third-order valence-corrected chi connectivity index (χ3v) is 4.66. The number of hydrogen-bond donors (Lipinski definition) is 1. The van der Waals surface area contributed by atoms with Crippen LogP contribution >= 0.6 is 23.1 Å². The molecule has 0 aliphatic carbocycles. The highest BCUT2D eigenvalue weighted by Crippen LogP contribution is 2.17. The summed E-state index contributed by atoms with van der Waals surface area (Å²) in [4.78, 5) is 25.7. The standard InChI is InChI=1S/C16H17NO3S2/c1-12(16(19)17-10-14-8-5-9-21-14)20-15(18)11-22-13-6-3-2-4-7-13/h2-9,12H,10-11H2,1H3,(H,17,19)/t12-/m1/s1. The molecule has 0 fully saturated rings. The fourth-order valence-electron chi connectivity index (χ4n) is 1.67. The summed E-state index contributed by atoms with van der Waals surface area (Å²) in [5, 5.41) is 4.70. The summed E-state index contributed by atoms with van der Waals surface area (Å²) in [7, 11) is 0. The predicted octanol–water partition coefficient (Wildman–Crippen LogP) is 3.09. The Labute approximate surface area is 137 Å². The second-order valence-corrected chi connectivity index (χ2v) is 6.61. The molecule has 1 aromatic carbocycles. The third kappa shape index (κ3) is 5.54. The summed E-state index contributed by atoms with van der Waals surface area (Å²) in [6.07, 6.45) is -0.788. The first-order valence-corrected chi connectivity index (χ1v) is 8.69. The van der Waals surface area contributed by atoms with Crippen molar-refractivity contribution in [2.75, 3.05) is 5.75 Å². The fourth-order valence-corrected chi connectivity index (χ4v) is 3.02. The molecule has 0 saturated carbocycles. The van der Waals surface area contributed by atoms with Crippen LogP contribution in [-0.4, -0.2) is 23.7 Å². The Hall–Kier alpha value is -1.79. The number of hydrogen-bond acceptors (Lipinski definition) is 5. The Morgan fingerprint density at radius 2 is 2.00 bits per heavy atom. The van der Waals surface area contributed by atoms with E-state index >= 15 is 0 Å². The molecule has 116 valence electrons. The van der Waals surface area contributed by atoms with Gasteiger partial charge in [-0.1, -0.05) is 24.3 Å². The molecule has 1 heterocycles. The maximum atomic E-state index is 11.9. The van der Waals surface area contributed by atoms with Crippen LogP contribution < -0.4 is 5.32 Å². The average molecular weight is 335 g/mol. The number of esters is 1. The molecule has 0 unspecified atom stereocenters. The predicted molar refractivity (Wildman–Crippen MR) is 88.9 cm³/mol. The second kappa shape index (κ2) is 8.60. The molecule has 0 aliphatic rings. The van der Waals surface area contributed by atoms with E-state index in [9.17, 15) is 9.59 Å². The summed E-state index contributed by atoms with van der Waals surface area (Å²) in [6, 6.07) is 13.5. The largest absolute Gasteiger partial charge is 0.452 e. The maximum Gasteiger partial charge on any atom is 0.317 e. The highest BCUT2D eigenvalue weighted by atomic mass is 32.2. The average Bonchev–Trinajstić information content (AvgIpc) is 3.05. The monoisotopic (exact) mass is 335 g/mol. The molecule has 1 amide bonds. The molecule has 2 aromatic rings. The van der Waals surface area contributed by atoms with Crippen molar-refractivity contribution in [1.82, 2.24) is 5.32 Å². The minimum atomic E-state index is -0.788. The van der Waals surface area contributed by atoms with E-state index in [4.69, 9.17) is 4.74 Å². The molecule has 0 spiro atoms. The minimum Gasteiger partial charge on any atom is -0.452 e. The van der Waals surface area contributed by atoms with Gasteiger partial charge in [0, 0.05) is 9.77 Å². The summed E-state index contributed by atoms with van der Waals surface area (Å²) in [5.41, 5.74) is 0. The van der Waals surface area contributed by atoms with E-state index in [-0.39, 0.29) is 11.7 Å². The highest BCUT2D eigenvalue weighted by Gasteiger charge is 2.17. The zero-order valence-corrected chi connectivity index (χ0v) is 13.8. The lowest BCUT2D eigenvalue weighted by Crippen LogP contribution is -2.35. The van der Waals surface area contributed by atoms with E-state index in [1.165, 1.54) is 11.8 Å². The molecule has 0 bridgehead atoms. The Morgan fingerprint density at radius 1 is 1.23 bits per heavy atom. The van der Waals surface area contributed by atoms with Gasteiger partial charge in [-0.25, -0.2) is 0 Å². The Morgan fingerprint density at radius 3 is 2.68 bits per heavy atom. The summed E-state index contributed by atoms with van der Waals surface area (Å²) < 4.78 is 5.14. The smallest absolute Gasteiger partial charge is 0.317 e. The number of benzene rings is 1. The van der Waals surface area contributed by atoms with Crippen molar-refractivity contribution in [2.45, 2.75) is 24.5 Å². The Kier molecular flexibility index (Phi) is 6.48. The van der Waals surface area contributed by atoms with E-state index < -0.39 is 12.1 Å². The van der Waals surface area contributed by atoms with Crippen molar-refractivity contribution >= 4 is 35.0 Å². The van der Waals surface area contributed by atoms with Crippen LogP contribution in [0.5, 0.6) is 0 Å². The van der Waals surface area contributed by atoms with Crippen LogP contribution in [0.1, 0.15) is 11.8 Å². The van der Waals surface area contributed by atoms with E-state index in [0.717, 1.165) is 9.77 Å². The van der Waals surface area contributed by atoms with E-state index in [2.05, 4.69) is 5.32 Å². The Bertz CT molecular complexity index is 599. The molecule has 1 aromatic heterocycles. The van der Waals surface area contributed by atoms with Gasteiger partial charge in [0.1, 0.15) is 0 Å². The number of carbonyl (C=O) groups is 2. The van der Waals surface area contributed by atoms with Gasteiger partial charge in [-0.3, -0.25) is 9.59 Å². The third-order valence-electron chi connectivity index (χ3n) is 2.79. The van der Waals surface area contributed by atoms with Crippen molar-refractivity contribution in [3.8, 4) is 0 Å². The van der Waals surface area contributed by atoms with Crippen LogP contribution in [0.4, 0.5) is 0 Å². The number of nitrogens with one attached hydrogen (secondary N) is 1. The number of ether oxygens (including phenoxy) is 1. The minimum absolute atomic E-state index is 0.187. The van der Waals surface area contributed by atoms with Crippen molar-refractivity contribution < 1.29 is 14.3 Å². The van der Waals surface area contributed by atoms with Crippen LogP contribution in [0, 0.1) is 0 Å². The SMILES string of the molecule is C[C@@H](OC(=O)CSc1ccccc1)C(=O)NCc1cccs1. The summed E-state index contributed by atoms with van der Waals surface area (Å²) >= 11 is 2.96. The van der Waals surface area contributed by atoms with Crippen molar-refractivity contribution in [3.05, 3.63) is 52.7 Å². The topological polar surface area (TPSA) is 55.4 Å². The van der Waals surface area contributed by atoms with Crippen LogP contribution in [0.2, 0.25) is 0 Å². The number of thiophene rings is 1. The number of rotatable bonds is 7. The van der Waals surface area contributed by atoms with Gasteiger partial charge in [-0.05, 0) is 30.5 Å². The number of carbonyl (C=O) groups excluding carboxylic acids is 2. The van der Waals surface area contributed by atoms with Gasteiger partial charge in [0.25, 0.3) is 5.91 Å². The van der Waals surface area contributed by atoms with Crippen molar-refractivity contribution in [1.29, 1.82) is 0 Å². The fraction of sp³-hybridized carbons (Fsp3) is 0.250. The molecule has 4 nitrogen and oxygen atoms in total. The van der Waals surface area contributed by atoms with Gasteiger partial charge < -0.3 is 10.1 Å². The lowest BCUT2D eigenvalue weighted by atomic mass is 10.3. The molecule has 0 aliphatic heterocycles. The molecular formula is C16H17NO3S2. The van der Waals surface area contributed by atoms with Gasteiger partial charge in [-0.15, -0.1) is 23.1 Å². The van der Waals surface area contributed by atoms with E-state index in [1.807, 2.05) is 47.8 Å². The Balaban J connectivity index is 1.70. The molecule has 0 radical (unpaired) electrons. The molecule has 2 rings (SSSR count). The lowest BCUT2D eigenvalue weighted by Gasteiger charge is -2.13. The molecule has 0 saturated heterocycles. The van der Waals surface area contributed by atoms with E-state index in [1.54, 1.807) is 18.3 Å². The van der Waals surface area contributed by atoms with Crippen molar-refractivity contribution in [2.24, 2.45) is 0 Å². The zero-order chi connectivity index (χ0) is 15.8. The second-order valence-electron chi connectivity index (χ2n) is 4.53. The summed E-state index contributed by atoms with van der Waals surface area (Å²) in [5.74, 6) is -0.494. The normalized spacial score (nSPS) is 11.7.